The number of hydrogen-bond donors (Lipinski definition) is 1. The molecule has 1 unspecified atom stereocenters. The molecule has 1 fully saturated rings. The van der Waals surface area contributed by atoms with Crippen LogP contribution in [-0.2, 0) is 6.42 Å². The van der Waals surface area contributed by atoms with Crippen LogP contribution in [0, 0.1) is 0 Å². The summed E-state index contributed by atoms with van der Waals surface area (Å²) in [4.78, 5) is 15.0. The summed E-state index contributed by atoms with van der Waals surface area (Å²) in [7, 11) is 0. The lowest BCUT2D eigenvalue weighted by atomic mass is 10.3. The van der Waals surface area contributed by atoms with Crippen LogP contribution in [0.4, 0.5) is 9.93 Å². The minimum absolute atomic E-state index is 0.256. The molecule has 0 radical (unpaired) electrons. The first-order valence-corrected chi connectivity index (χ1v) is 7.29. The molecule has 108 valence electrons. The van der Waals surface area contributed by atoms with E-state index in [-0.39, 0.29) is 12.6 Å². The zero-order chi connectivity index (χ0) is 14.5. The van der Waals surface area contributed by atoms with Crippen LogP contribution in [0.2, 0.25) is 0 Å². The Kier molecular flexibility index (Phi) is 4.86. The highest BCUT2D eigenvalue weighted by Gasteiger charge is 2.38. The molecule has 2 amide bonds. The highest BCUT2D eigenvalue weighted by Crippen LogP contribution is 2.27. The number of β-amino-alcohol motifs (C(OH)–C–C–N with tert-alkyl or cyclic N) is 1. The van der Waals surface area contributed by atoms with Crippen LogP contribution in [0.5, 0.6) is 0 Å². The number of aliphatic hydroxyl groups is 1. The van der Waals surface area contributed by atoms with E-state index in [0.29, 0.717) is 11.7 Å². The van der Waals surface area contributed by atoms with Gasteiger partial charge in [-0.25, -0.2) is 9.69 Å². The number of nitrogens with zero attached hydrogens (tertiary/aromatic N) is 4. The summed E-state index contributed by atoms with van der Waals surface area (Å²) >= 11 is 1.34. The topological polar surface area (TPSA) is 69.6 Å². The summed E-state index contributed by atoms with van der Waals surface area (Å²) in [6.07, 6.45) is 6.49. The molecule has 1 saturated heterocycles. The molecular formula is C13H18N4O2S. The molecule has 20 heavy (non-hydrogen) atoms. The fourth-order valence-corrected chi connectivity index (χ4v) is 2.86. The van der Waals surface area contributed by atoms with Crippen molar-refractivity contribution < 1.29 is 9.90 Å². The van der Waals surface area contributed by atoms with Crippen molar-refractivity contribution >= 4 is 22.5 Å². The van der Waals surface area contributed by atoms with Gasteiger partial charge in [-0.15, -0.1) is 16.8 Å². The highest BCUT2D eigenvalue weighted by atomic mass is 32.1. The average Bonchev–Trinajstić information content (AvgIpc) is 2.96. The molecule has 1 aromatic heterocycles. The van der Waals surface area contributed by atoms with Crippen molar-refractivity contribution in [2.75, 3.05) is 18.0 Å². The maximum absolute atomic E-state index is 12.1. The highest BCUT2D eigenvalue weighted by molar-refractivity contribution is 7.15. The SMILES string of the molecule is C=CCN1CC(O)N(c2nnc(CCC=CC)s2)C1=O. The fourth-order valence-electron chi connectivity index (χ4n) is 1.97. The Hall–Kier alpha value is -1.73. The zero-order valence-corrected chi connectivity index (χ0v) is 12.2. The Balaban J connectivity index is 2.07. The van der Waals surface area contributed by atoms with E-state index in [4.69, 9.17) is 0 Å². The Morgan fingerprint density at radius 3 is 3.05 bits per heavy atom. The lowest BCUT2D eigenvalue weighted by Crippen LogP contribution is -2.34. The van der Waals surface area contributed by atoms with E-state index < -0.39 is 6.23 Å². The zero-order valence-electron chi connectivity index (χ0n) is 11.4. The second-order valence-electron chi connectivity index (χ2n) is 4.41. The number of rotatable bonds is 6. The largest absolute Gasteiger partial charge is 0.371 e. The number of aryl methyl sites for hydroxylation is 1. The quantitative estimate of drug-likeness (QED) is 0.812. The second kappa shape index (κ2) is 6.62. The number of anilines is 1. The second-order valence-corrected chi connectivity index (χ2v) is 5.45. The van der Waals surface area contributed by atoms with Gasteiger partial charge in [-0.1, -0.05) is 29.6 Å². The maximum Gasteiger partial charge on any atom is 0.329 e. The third-order valence-corrected chi connectivity index (χ3v) is 3.91. The van der Waals surface area contributed by atoms with E-state index >= 15 is 0 Å². The van der Waals surface area contributed by atoms with Gasteiger partial charge in [-0.05, 0) is 13.3 Å². The molecule has 0 bridgehead atoms. The van der Waals surface area contributed by atoms with Gasteiger partial charge in [-0.3, -0.25) is 0 Å². The van der Waals surface area contributed by atoms with Gasteiger partial charge in [0.2, 0.25) is 5.13 Å². The van der Waals surface area contributed by atoms with E-state index in [1.165, 1.54) is 21.1 Å². The van der Waals surface area contributed by atoms with E-state index in [1.54, 1.807) is 6.08 Å². The van der Waals surface area contributed by atoms with Crippen molar-refractivity contribution in [3.63, 3.8) is 0 Å². The smallest absolute Gasteiger partial charge is 0.329 e. The molecule has 2 heterocycles. The van der Waals surface area contributed by atoms with Gasteiger partial charge in [0.25, 0.3) is 0 Å². The summed E-state index contributed by atoms with van der Waals surface area (Å²) in [5.41, 5.74) is 0. The van der Waals surface area contributed by atoms with Crippen LogP contribution in [0.3, 0.4) is 0 Å². The first-order valence-electron chi connectivity index (χ1n) is 6.48. The first kappa shape index (κ1) is 14.7. The molecule has 1 atom stereocenters. The average molecular weight is 294 g/mol. The predicted octanol–water partition coefficient (Wildman–Crippen LogP) is 1.79. The first-order chi connectivity index (χ1) is 9.67. The number of amides is 2. The van der Waals surface area contributed by atoms with Crippen molar-refractivity contribution in [3.8, 4) is 0 Å². The molecule has 0 spiro atoms. The Bertz CT molecular complexity index is 514. The molecule has 0 saturated carbocycles. The summed E-state index contributed by atoms with van der Waals surface area (Å²) in [5.74, 6) is 0. The van der Waals surface area contributed by atoms with Gasteiger partial charge < -0.3 is 10.0 Å². The van der Waals surface area contributed by atoms with Gasteiger partial charge in [-0.2, -0.15) is 0 Å². The number of aromatic nitrogens is 2. The van der Waals surface area contributed by atoms with Gasteiger partial charge >= 0.3 is 6.03 Å². The lowest BCUT2D eigenvalue weighted by Gasteiger charge is -2.15. The summed E-state index contributed by atoms with van der Waals surface area (Å²) < 4.78 is 0. The molecule has 6 nitrogen and oxygen atoms in total. The van der Waals surface area contributed by atoms with Crippen molar-refractivity contribution in [3.05, 3.63) is 29.8 Å². The summed E-state index contributed by atoms with van der Waals surface area (Å²) in [6.45, 7) is 6.25. The van der Waals surface area contributed by atoms with E-state index in [0.717, 1.165) is 17.8 Å². The van der Waals surface area contributed by atoms with Crippen LogP contribution in [0.15, 0.2) is 24.8 Å². The van der Waals surface area contributed by atoms with Crippen molar-refractivity contribution in [2.24, 2.45) is 0 Å². The van der Waals surface area contributed by atoms with Crippen LogP contribution in [-0.4, -0.2) is 45.6 Å². The van der Waals surface area contributed by atoms with E-state index in [9.17, 15) is 9.90 Å². The van der Waals surface area contributed by atoms with Crippen LogP contribution >= 0.6 is 11.3 Å². The van der Waals surface area contributed by atoms with Crippen molar-refractivity contribution in [2.45, 2.75) is 26.0 Å². The fraction of sp³-hybridized carbons (Fsp3) is 0.462. The van der Waals surface area contributed by atoms with Gasteiger partial charge in [0.15, 0.2) is 6.23 Å². The van der Waals surface area contributed by atoms with E-state index in [2.05, 4.69) is 22.9 Å². The minimum atomic E-state index is -0.876. The summed E-state index contributed by atoms with van der Waals surface area (Å²) in [5, 5.41) is 19.4. The molecule has 1 aliphatic rings. The normalized spacial score (nSPS) is 19.3. The molecule has 0 aromatic carbocycles. The van der Waals surface area contributed by atoms with Gasteiger partial charge in [0.05, 0.1) is 6.54 Å². The van der Waals surface area contributed by atoms with Crippen LogP contribution < -0.4 is 4.90 Å². The monoisotopic (exact) mass is 294 g/mol. The Labute approximate surface area is 122 Å². The molecule has 0 aliphatic carbocycles. The van der Waals surface area contributed by atoms with Crippen LogP contribution in [0.25, 0.3) is 0 Å². The van der Waals surface area contributed by atoms with Gasteiger partial charge in [0, 0.05) is 13.0 Å². The number of aliphatic hydroxyl groups excluding tert-OH is 1. The molecular weight excluding hydrogens is 276 g/mol. The number of hydrogen-bond acceptors (Lipinski definition) is 5. The lowest BCUT2D eigenvalue weighted by molar-refractivity contribution is 0.180. The molecule has 1 aliphatic heterocycles. The minimum Gasteiger partial charge on any atom is -0.371 e. The summed E-state index contributed by atoms with van der Waals surface area (Å²) in [6, 6.07) is -0.256. The van der Waals surface area contributed by atoms with E-state index in [1.807, 2.05) is 13.0 Å². The van der Waals surface area contributed by atoms with Gasteiger partial charge in [0.1, 0.15) is 5.01 Å². The maximum atomic E-state index is 12.1. The Morgan fingerprint density at radius 2 is 2.35 bits per heavy atom. The number of allylic oxidation sites excluding steroid dienone is 2. The number of carbonyl (C=O) groups excluding carboxylic acids is 1. The third kappa shape index (κ3) is 3.05. The number of carbonyl (C=O) groups is 1. The van der Waals surface area contributed by atoms with Crippen molar-refractivity contribution in [1.29, 1.82) is 0 Å². The van der Waals surface area contributed by atoms with Crippen molar-refractivity contribution in [1.82, 2.24) is 15.1 Å². The predicted molar refractivity (Wildman–Crippen MR) is 78.7 cm³/mol. The van der Waals surface area contributed by atoms with Crippen LogP contribution in [0.1, 0.15) is 18.4 Å². The Morgan fingerprint density at radius 1 is 1.55 bits per heavy atom. The molecule has 7 heteroatoms. The molecule has 2 rings (SSSR count). The standard InChI is InChI=1S/C13H18N4O2S/c1-3-5-6-7-10-14-15-12(20-10)17-11(18)9-16(8-4-2)13(17)19/h3-5,11,18H,2,6-9H2,1H3. The third-order valence-electron chi connectivity index (χ3n) is 2.93. The number of urea groups is 1. The molecule has 1 aromatic rings. The molecule has 1 N–H and O–H groups in total.